The average Bonchev–Trinajstić information content (AvgIpc) is 3.40. The average molecular weight is 432 g/mol. The number of imidazole rings is 1. The number of rotatable bonds is 8. The smallest absolute Gasteiger partial charge is 0.296 e. The van der Waals surface area contributed by atoms with Crippen LogP contribution in [0.4, 0.5) is 0 Å². The summed E-state index contributed by atoms with van der Waals surface area (Å²) in [7, 11) is 0. The van der Waals surface area contributed by atoms with Gasteiger partial charge in [-0.2, -0.15) is 5.21 Å². The molecular weight excluding hydrogens is 402 g/mol. The molecule has 0 fully saturated rings. The van der Waals surface area contributed by atoms with Gasteiger partial charge in [0.05, 0.1) is 6.54 Å². The number of tetrazole rings is 1. The van der Waals surface area contributed by atoms with Crippen LogP contribution in [0.25, 0.3) is 22.5 Å². The third-order valence-corrected chi connectivity index (χ3v) is 5.66. The number of nitrogens with one attached hydrogen (secondary N) is 1. The Balaban J connectivity index is 1.66. The molecule has 0 spiro atoms. The summed E-state index contributed by atoms with van der Waals surface area (Å²) in [5.74, 6) is 0.952. The Hall–Kier alpha value is -3.55. The molecule has 8 nitrogen and oxygen atoms in total. The van der Waals surface area contributed by atoms with E-state index in [0.717, 1.165) is 53.0 Å². The second-order valence-electron chi connectivity index (χ2n) is 8.51. The van der Waals surface area contributed by atoms with Gasteiger partial charge in [0, 0.05) is 41.5 Å². The monoisotopic (exact) mass is 431 g/mol. The highest BCUT2D eigenvalue weighted by Gasteiger charge is 2.17. The van der Waals surface area contributed by atoms with Crippen LogP contribution in [0.5, 0.6) is 0 Å². The number of hydrogen-bond donors (Lipinski definition) is 1. The summed E-state index contributed by atoms with van der Waals surface area (Å²) in [6.45, 7) is 9.80. The number of aromatic nitrogens is 7. The van der Waals surface area contributed by atoms with E-state index in [1.54, 1.807) is 12.4 Å². The Morgan fingerprint density at radius 2 is 1.84 bits per heavy atom. The fourth-order valence-corrected chi connectivity index (χ4v) is 4.12. The number of pyridine rings is 1. The van der Waals surface area contributed by atoms with Crippen molar-refractivity contribution in [3.05, 3.63) is 70.2 Å². The maximum absolute atomic E-state index is 13.2. The quantitative estimate of drug-likeness (QED) is 0.457. The van der Waals surface area contributed by atoms with Crippen molar-refractivity contribution in [2.24, 2.45) is 5.92 Å². The van der Waals surface area contributed by atoms with Gasteiger partial charge in [-0.25, -0.2) is 4.79 Å². The van der Waals surface area contributed by atoms with Crippen LogP contribution in [0, 0.1) is 12.8 Å². The van der Waals surface area contributed by atoms with Crippen LogP contribution < -0.4 is 5.69 Å². The van der Waals surface area contributed by atoms with Gasteiger partial charge in [-0.3, -0.25) is 14.1 Å². The lowest BCUT2D eigenvalue weighted by atomic mass is 10.0. The zero-order valence-electron chi connectivity index (χ0n) is 19.0. The minimum Gasteiger partial charge on any atom is -0.296 e. The van der Waals surface area contributed by atoms with Crippen LogP contribution >= 0.6 is 0 Å². The first-order valence-corrected chi connectivity index (χ1v) is 11.1. The fraction of sp³-hybridized carbons (Fsp3) is 0.375. The standard InChI is InChI=1S/C24H29N7O/c1-5-6-22-17(4)30(14-16(2)3)24(32)31(22)15-18-7-9-19(10-8-18)21-13-25-12-11-20(21)23-26-28-29-27-23/h7-13,16H,5-6,14-15H2,1-4H3,(H,26,27,28,29). The summed E-state index contributed by atoms with van der Waals surface area (Å²) in [6.07, 6.45) is 5.42. The molecule has 0 aliphatic heterocycles. The minimum atomic E-state index is 0.0791. The van der Waals surface area contributed by atoms with E-state index in [0.29, 0.717) is 18.3 Å². The molecule has 0 radical (unpaired) electrons. The second kappa shape index (κ2) is 9.30. The molecule has 3 aromatic heterocycles. The lowest BCUT2D eigenvalue weighted by molar-refractivity contribution is 0.497. The molecule has 4 rings (SSSR count). The van der Waals surface area contributed by atoms with Gasteiger partial charge in [-0.1, -0.05) is 51.5 Å². The molecule has 0 atom stereocenters. The first-order chi connectivity index (χ1) is 15.5. The third-order valence-electron chi connectivity index (χ3n) is 5.66. The van der Waals surface area contributed by atoms with Gasteiger partial charge in [0.2, 0.25) is 5.82 Å². The Morgan fingerprint density at radius 3 is 2.50 bits per heavy atom. The Bertz CT molecular complexity index is 1230. The van der Waals surface area contributed by atoms with E-state index in [-0.39, 0.29) is 5.69 Å². The molecule has 8 heteroatoms. The molecule has 0 aliphatic rings. The molecule has 0 saturated carbocycles. The molecule has 32 heavy (non-hydrogen) atoms. The summed E-state index contributed by atoms with van der Waals surface area (Å²) in [4.78, 5) is 17.5. The maximum atomic E-state index is 13.2. The summed E-state index contributed by atoms with van der Waals surface area (Å²) < 4.78 is 3.86. The lowest BCUT2D eigenvalue weighted by Gasteiger charge is -2.10. The third kappa shape index (κ3) is 4.26. The van der Waals surface area contributed by atoms with Crippen LogP contribution in [-0.2, 0) is 19.5 Å². The van der Waals surface area contributed by atoms with Crippen LogP contribution in [0.3, 0.4) is 0 Å². The van der Waals surface area contributed by atoms with E-state index < -0.39 is 0 Å². The summed E-state index contributed by atoms with van der Waals surface area (Å²) in [6, 6.07) is 10.1. The Morgan fingerprint density at radius 1 is 1.06 bits per heavy atom. The highest BCUT2D eigenvalue weighted by atomic mass is 16.1. The van der Waals surface area contributed by atoms with Crippen LogP contribution in [0.1, 0.15) is 44.1 Å². The number of aromatic amines is 1. The first-order valence-electron chi connectivity index (χ1n) is 11.1. The SMILES string of the molecule is CCCc1c(C)n(CC(C)C)c(=O)n1Cc1ccc(-c2cnccc2-c2nn[nH]n2)cc1. The summed E-state index contributed by atoms with van der Waals surface area (Å²) in [5, 5.41) is 14.4. The fourth-order valence-electron chi connectivity index (χ4n) is 4.12. The normalized spacial score (nSPS) is 11.4. The van der Waals surface area contributed by atoms with Crippen molar-refractivity contribution in [2.75, 3.05) is 0 Å². The van der Waals surface area contributed by atoms with Gasteiger partial charge in [0.15, 0.2) is 0 Å². The van der Waals surface area contributed by atoms with Crippen molar-refractivity contribution in [1.29, 1.82) is 0 Å². The van der Waals surface area contributed by atoms with Gasteiger partial charge in [0.1, 0.15) is 0 Å². The zero-order chi connectivity index (χ0) is 22.7. The van der Waals surface area contributed by atoms with Crippen molar-refractivity contribution in [1.82, 2.24) is 34.7 Å². The predicted octanol–water partition coefficient (Wildman–Crippen LogP) is 3.86. The van der Waals surface area contributed by atoms with Crippen molar-refractivity contribution in [2.45, 2.75) is 53.6 Å². The molecule has 0 saturated heterocycles. The molecule has 0 unspecified atom stereocenters. The highest BCUT2D eigenvalue weighted by Crippen LogP contribution is 2.29. The van der Waals surface area contributed by atoms with E-state index in [9.17, 15) is 4.79 Å². The molecule has 4 aromatic rings. The molecule has 1 N–H and O–H groups in total. The molecule has 0 amide bonds. The molecular formula is C24H29N7O. The van der Waals surface area contributed by atoms with E-state index in [1.807, 2.05) is 15.2 Å². The highest BCUT2D eigenvalue weighted by molar-refractivity contribution is 5.79. The van der Waals surface area contributed by atoms with E-state index in [4.69, 9.17) is 0 Å². The minimum absolute atomic E-state index is 0.0791. The van der Waals surface area contributed by atoms with Crippen molar-refractivity contribution < 1.29 is 0 Å². The van der Waals surface area contributed by atoms with Crippen molar-refractivity contribution in [3.63, 3.8) is 0 Å². The van der Waals surface area contributed by atoms with Crippen molar-refractivity contribution >= 4 is 0 Å². The molecule has 3 heterocycles. The lowest BCUT2D eigenvalue weighted by Crippen LogP contribution is -2.27. The van der Waals surface area contributed by atoms with E-state index in [2.05, 4.69) is 77.6 Å². The summed E-state index contributed by atoms with van der Waals surface area (Å²) in [5.41, 5.74) is 6.19. The maximum Gasteiger partial charge on any atom is 0.328 e. The van der Waals surface area contributed by atoms with E-state index >= 15 is 0 Å². The summed E-state index contributed by atoms with van der Waals surface area (Å²) >= 11 is 0. The van der Waals surface area contributed by atoms with Crippen LogP contribution in [0.2, 0.25) is 0 Å². The number of H-pyrrole nitrogens is 1. The Labute approximate surface area is 187 Å². The second-order valence-corrected chi connectivity index (χ2v) is 8.51. The Kier molecular flexibility index (Phi) is 6.30. The zero-order valence-corrected chi connectivity index (χ0v) is 19.0. The van der Waals surface area contributed by atoms with E-state index in [1.165, 1.54) is 0 Å². The van der Waals surface area contributed by atoms with Crippen LogP contribution in [-0.4, -0.2) is 34.7 Å². The number of hydrogen-bond acceptors (Lipinski definition) is 5. The van der Waals surface area contributed by atoms with Gasteiger partial charge >= 0.3 is 5.69 Å². The number of nitrogens with zero attached hydrogens (tertiary/aromatic N) is 6. The van der Waals surface area contributed by atoms with Gasteiger partial charge in [0.25, 0.3) is 0 Å². The molecule has 1 aromatic carbocycles. The van der Waals surface area contributed by atoms with Crippen LogP contribution in [0.15, 0.2) is 47.5 Å². The van der Waals surface area contributed by atoms with Gasteiger partial charge in [-0.05, 0) is 41.7 Å². The number of benzene rings is 1. The molecule has 166 valence electrons. The predicted molar refractivity (Wildman–Crippen MR) is 124 cm³/mol. The van der Waals surface area contributed by atoms with Gasteiger partial charge < -0.3 is 0 Å². The molecule has 0 bridgehead atoms. The topological polar surface area (TPSA) is 94.3 Å². The molecule has 0 aliphatic carbocycles. The largest absolute Gasteiger partial charge is 0.328 e. The first kappa shape index (κ1) is 21.7. The van der Waals surface area contributed by atoms with Crippen molar-refractivity contribution in [3.8, 4) is 22.5 Å². The van der Waals surface area contributed by atoms with Gasteiger partial charge in [-0.15, -0.1) is 10.2 Å².